The average molecular weight is 301 g/mol. The van der Waals surface area contributed by atoms with E-state index in [-0.39, 0.29) is 12.5 Å². The number of anilines is 1. The third kappa shape index (κ3) is 3.94. The summed E-state index contributed by atoms with van der Waals surface area (Å²) in [7, 11) is 2.72. The summed E-state index contributed by atoms with van der Waals surface area (Å²) in [6.45, 7) is 4.00. The number of carbonyl (C=O) groups is 2. The van der Waals surface area contributed by atoms with Crippen molar-refractivity contribution in [3.8, 4) is 0 Å². The van der Waals surface area contributed by atoms with Crippen LogP contribution in [0.2, 0.25) is 0 Å². The molecule has 1 unspecified atom stereocenters. The summed E-state index contributed by atoms with van der Waals surface area (Å²) in [5.74, 6) is -1.28. The Kier molecular flexibility index (Phi) is 5.97. The van der Waals surface area contributed by atoms with Crippen molar-refractivity contribution in [3.63, 3.8) is 0 Å². The van der Waals surface area contributed by atoms with Crippen LogP contribution < -0.4 is 5.32 Å². The van der Waals surface area contributed by atoms with E-state index in [1.54, 1.807) is 6.07 Å². The number of hydrogen-bond donors (Lipinski definition) is 2. The van der Waals surface area contributed by atoms with Gasteiger partial charge in [0.25, 0.3) is 0 Å². The fraction of sp³-hybridized carbons (Fsp3) is 0.538. The number of ether oxygens (including phenoxy) is 2. The molecule has 20 heavy (non-hydrogen) atoms. The number of carbonyl (C=O) groups excluding carboxylic acids is 1. The normalized spacial score (nSPS) is 12.2. The highest BCUT2D eigenvalue weighted by Gasteiger charge is 2.23. The third-order valence-electron chi connectivity index (χ3n) is 2.65. The molecule has 112 valence electrons. The van der Waals surface area contributed by atoms with Crippen molar-refractivity contribution in [2.45, 2.75) is 25.8 Å². The van der Waals surface area contributed by atoms with Crippen LogP contribution in [-0.4, -0.2) is 43.9 Å². The number of methoxy groups -OCH3 is 2. The molecule has 1 rings (SSSR count). The molecule has 1 atom stereocenters. The Hall–Kier alpha value is -1.60. The van der Waals surface area contributed by atoms with Crippen LogP contribution in [0, 0.1) is 0 Å². The Morgan fingerprint density at radius 2 is 2.05 bits per heavy atom. The van der Waals surface area contributed by atoms with Gasteiger partial charge in [-0.05, 0) is 12.0 Å². The van der Waals surface area contributed by atoms with Crippen molar-refractivity contribution >= 4 is 29.0 Å². The molecule has 0 aromatic carbocycles. The van der Waals surface area contributed by atoms with E-state index in [0.717, 1.165) is 4.88 Å². The number of carboxylic acid groups (broad SMARTS) is 1. The zero-order valence-corrected chi connectivity index (χ0v) is 12.7. The van der Waals surface area contributed by atoms with Gasteiger partial charge in [-0.1, -0.05) is 13.8 Å². The first-order valence-corrected chi connectivity index (χ1v) is 6.92. The molecule has 0 spiro atoms. The van der Waals surface area contributed by atoms with E-state index in [1.807, 2.05) is 13.8 Å². The minimum atomic E-state index is -1.04. The summed E-state index contributed by atoms with van der Waals surface area (Å²) in [5.41, 5.74) is 0.468. The second-order valence-electron chi connectivity index (χ2n) is 4.53. The number of carboxylic acids is 1. The molecule has 7 heteroatoms. The molecule has 1 heterocycles. The lowest BCUT2D eigenvalue weighted by Gasteiger charge is -2.14. The predicted octanol–water partition coefficient (Wildman–Crippen LogP) is 2.17. The van der Waals surface area contributed by atoms with Crippen LogP contribution in [0.25, 0.3) is 0 Å². The average Bonchev–Trinajstić information content (AvgIpc) is 2.81. The Balaban J connectivity index is 3.07. The van der Waals surface area contributed by atoms with Crippen molar-refractivity contribution < 1.29 is 24.2 Å². The topological polar surface area (TPSA) is 84.9 Å². The molecule has 6 nitrogen and oxygen atoms in total. The zero-order valence-electron chi connectivity index (χ0n) is 11.9. The van der Waals surface area contributed by atoms with E-state index in [2.05, 4.69) is 5.32 Å². The van der Waals surface area contributed by atoms with Gasteiger partial charge >= 0.3 is 11.9 Å². The summed E-state index contributed by atoms with van der Waals surface area (Å²) in [5, 5.41) is 11.9. The van der Waals surface area contributed by atoms with Crippen LogP contribution in [0.3, 0.4) is 0 Å². The quantitative estimate of drug-likeness (QED) is 0.751. The maximum Gasteiger partial charge on any atom is 0.350 e. The van der Waals surface area contributed by atoms with Gasteiger partial charge in [0.05, 0.1) is 19.4 Å². The second kappa shape index (κ2) is 7.25. The van der Waals surface area contributed by atoms with Crippen molar-refractivity contribution in [2.24, 2.45) is 0 Å². The minimum Gasteiger partial charge on any atom is -0.480 e. The summed E-state index contributed by atoms with van der Waals surface area (Å²) in [6.07, 6.45) is 0. The van der Waals surface area contributed by atoms with Crippen molar-refractivity contribution in [1.82, 2.24) is 0 Å². The highest BCUT2D eigenvalue weighted by atomic mass is 32.1. The highest BCUT2D eigenvalue weighted by Crippen LogP contribution is 2.33. The van der Waals surface area contributed by atoms with E-state index in [0.29, 0.717) is 10.6 Å². The number of esters is 1. The van der Waals surface area contributed by atoms with Crippen molar-refractivity contribution in [1.29, 1.82) is 0 Å². The van der Waals surface area contributed by atoms with Gasteiger partial charge in [-0.2, -0.15) is 0 Å². The van der Waals surface area contributed by atoms with Gasteiger partial charge < -0.3 is 19.9 Å². The standard InChI is InChI=1S/C13H19NO5S/c1-7(2)10-5-8(11(20-10)13(17)19-4)14-9(6-18-3)12(15)16/h5,7,9,14H,6H2,1-4H3,(H,15,16). The molecule has 0 saturated heterocycles. The monoisotopic (exact) mass is 301 g/mol. The van der Waals surface area contributed by atoms with Crippen molar-refractivity contribution in [3.05, 3.63) is 15.8 Å². The fourth-order valence-electron chi connectivity index (χ4n) is 1.58. The smallest absolute Gasteiger partial charge is 0.350 e. The molecule has 0 bridgehead atoms. The van der Waals surface area contributed by atoms with Gasteiger partial charge in [-0.25, -0.2) is 9.59 Å². The van der Waals surface area contributed by atoms with Gasteiger partial charge in [0.2, 0.25) is 0 Å². The molecule has 2 N–H and O–H groups in total. The minimum absolute atomic E-state index is 0.00278. The van der Waals surface area contributed by atoms with Crippen LogP contribution in [0.4, 0.5) is 5.69 Å². The SMILES string of the molecule is COCC(Nc1cc(C(C)C)sc1C(=O)OC)C(=O)O. The molecular formula is C13H19NO5S. The van der Waals surface area contributed by atoms with Gasteiger partial charge in [0.1, 0.15) is 10.9 Å². The maximum atomic E-state index is 11.7. The Morgan fingerprint density at radius 1 is 1.40 bits per heavy atom. The maximum absolute atomic E-state index is 11.7. The molecule has 0 radical (unpaired) electrons. The first-order chi connectivity index (χ1) is 9.40. The fourth-order valence-corrected chi connectivity index (χ4v) is 2.62. The Bertz CT molecular complexity index is 483. The summed E-state index contributed by atoms with van der Waals surface area (Å²) in [4.78, 5) is 24.2. The predicted molar refractivity (Wildman–Crippen MR) is 76.7 cm³/mol. The summed E-state index contributed by atoms with van der Waals surface area (Å²) >= 11 is 1.30. The lowest BCUT2D eigenvalue weighted by molar-refractivity contribution is -0.139. The van der Waals surface area contributed by atoms with Crippen LogP contribution in [0.15, 0.2) is 6.07 Å². The second-order valence-corrected chi connectivity index (χ2v) is 5.61. The molecule has 0 aliphatic heterocycles. The van der Waals surface area contributed by atoms with E-state index in [9.17, 15) is 9.59 Å². The van der Waals surface area contributed by atoms with Crippen LogP contribution in [0.1, 0.15) is 34.3 Å². The Morgan fingerprint density at radius 3 is 2.50 bits per heavy atom. The molecule has 0 aliphatic rings. The van der Waals surface area contributed by atoms with E-state index >= 15 is 0 Å². The molecule has 0 aliphatic carbocycles. The van der Waals surface area contributed by atoms with Crippen LogP contribution >= 0.6 is 11.3 Å². The Labute approximate surface area is 121 Å². The lowest BCUT2D eigenvalue weighted by Crippen LogP contribution is -2.33. The first-order valence-electron chi connectivity index (χ1n) is 6.11. The number of aliphatic carboxylic acids is 1. The summed E-state index contributed by atoms with van der Waals surface area (Å²) < 4.78 is 9.59. The molecule has 0 amide bonds. The van der Waals surface area contributed by atoms with Crippen LogP contribution in [-0.2, 0) is 14.3 Å². The van der Waals surface area contributed by atoms with Crippen molar-refractivity contribution in [2.75, 3.05) is 26.1 Å². The van der Waals surface area contributed by atoms with Crippen LogP contribution in [0.5, 0.6) is 0 Å². The zero-order chi connectivity index (χ0) is 15.3. The van der Waals surface area contributed by atoms with E-state index < -0.39 is 18.0 Å². The van der Waals surface area contributed by atoms with Gasteiger partial charge in [0.15, 0.2) is 0 Å². The van der Waals surface area contributed by atoms with Gasteiger partial charge in [0, 0.05) is 12.0 Å². The van der Waals surface area contributed by atoms with Gasteiger partial charge in [-0.3, -0.25) is 0 Å². The van der Waals surface area contributed by atoms with E-state index in [4.69, 9.17) is 14.6 Å². The number of thiophene rings is 1. The number of nitrogens with one attached hydrogen (secondary N) is 1. The summed E-state index contributed by atoms with van der Waals surface area (Å²) in [6, 6.07) is 0.866. The third-order valence-corrected chi connectivity index (χ3v) is 4.07. The molecule has 1 aromatic rings. The van der Waals surface area contributed by atoms with E-state index in [1.165, 1.54) is 25.6 Å². The lowest BCUT2D eigenvalue weighted by atomic mass is 10.1. The highest BCUT2D eigenvalue weighted by molar-refractivity contribution is 7.14. The number of rotatable bonds is 7. The first kappa shape index (κ1) is 16.5. The molecule has 1 aromatic heterocycles. The number of hydrogen-bond acceptors (Lipinski definition) is 6. The largest absolute Gasteiger partial charge is 0.480 e. The molecular weight excluding hydrogens is 282 g/mol. The molecule has 0 fully saturated rings. The van der Waals surface area contributed by atoms with Gasteiger partial charge in [-0.15, -0.1) is 11.3 Å². The molecule has 0 saturated carbocycles.